The largest absolute Gasteiger partial charge is 0.495 e. The summed E-state index contributed by atoms with van der Waals surface area (Å²) in [5.74, 6) is 1.90. The molecule has 1 heterocycles. The van der Waals surface area contributed by atoms with Crippen LogP contribution in [0.3, 0.4) is 0 Å². The predicted molar refractivity (Wildman–Crippen MR) is 131 cm³/mol. The molecule has 6 heteroatoms. The average Bonchev–Trinajstić information content (AvgIpc) is 2.80. The predicted octanol–water partition coefficient (Wildman–Crippen LogP) is 5.71. The maximum absolute atomic E-state index is 10.5. The summed E-state index contributed by atoms with van der Waals surface area (Å²) >= 11 is 6.56. The maximum atomic E-state index is 10.5. The van der Waals surface area contributed by atoms with Gasteiger partial charge in [0.25, 0.3) is 0 Å². The Morgan fingerprint density at radius 3 is 2.73 bits per heavy atom. The fraction of sp³-hybridized carbons (Fsp3) is 0.519. The van der Waals surface area contributed by atoms with Crippen LogP contribution in [-0.4, -0.2) is 42.3 Å². The van der Waals surface area contributed by atoms with E-state index < -0.39 is 6.10 Å². The minimum atomic E-state index is -0.402. The topological polar surface area (TPSA) is 71.8 Å². The van der Waals surface area contributed by atoms with E-state index in [0.717, 1.165) is 54.2 Å². The minimum absolute atomic E-state index is 0.0719. The lowest BCUT2D eigenvalue weighted by molar-refractivity contribution is -0.128. The van der Waals surface area contributed by atoms with Crippen LogP contribution >= 0.6 is 11.6 Å². The van der Waals surface area contributed by atoms with E-state index in [1.165, 1.54) is 5.56 Å². The molecule has 1 aromatic rings. The second kappa shape index (κ2) is 11.4. The molecule has 3 aliphatic rings. The van der Waals surface area contributed by atoms with Crippen molar-refractivity contribution in [3.05, 3.63) is 64.4 Å². The van der Waals surface area contributed by atoms with Crippen molar-refractivity contribution >= 4 is 17.3 Å². The molecule has 0 spiro atoms. The Kier molecular flexibility index (Phi) is 8.29. The Balaban J connectivity index is 1.38. The van der Waals surface area contributed by atoms with Gasteiger partial charge in [-0.25, -0.2) is 0 Å². The molecule has 0 radical (unpaired) electrons. The van der Waals surface area contributed by atoms with Crippen LogP contribution in [0, 0.1) is 11.3 Å². The number of allylic oxidation sites excluding steroid dienone is 5. The van der Waals surface area contributed by atoms with Gasteiger partial charge in [0, 0.05) is 35.9 Å². The standard InChI is InChI=1S/C27H34ClNO4/c1-2-31-23-9-6-18(7-10-23)12-20-13-19(8-11-26(20)28)27-16-22(30)15-25(33-27)17-32-24-5-3-4-21(29)14-24/h6-7,9-11,13-14,19,22,25,27,29-30H,2-5,8,12,15-17H2,1H3. The number of hydrogen-bond acceptors (Lipinski definition) is 5. The van der Waals surface area contributed by atoms with Crippen LogP contribution in [0.5, 0.6) is 5.75 Å². The molecular weight excluding hydrogens is 438 g/mol. The first-order valence-corrected chi connectivity index (χ1v) is 12.4. The Bertz CT molecular complexity index is 921. The first kappa shape index (κ1) is 24.1. The van der Waals surface area contributed by atoms with Gasteiger partial charge in [-0.15, -0.1) is 0 Å². The fourth-order valence-corrected chi connectivity index (χ4v) is 5.00. The van der Waals surface area contributed by atoms with Crippen molar-refractivity contribution in [2.75, 3.05) is 13.2 Å². The highest BCUT2D eigenvalue weighted by atomic mass is 35.5. The lowest BCUT2D eigenvalue weighted by Crippen LogP contribution is -2.41. The third kappa shape index (κ3) is 6.72. The van der Waals surface area contributed by atoms with Crippen molar-refractivity contribution in [2.24, 2.45) is 5.92 Å². The van der Waals surface area contributed by atoms with Gasteiger partial charge in [0.05, 0.1) is 30.7 Å². The lowest BCUT2D eigenvalue weighted by Gasteiger charge is -2.37. The highest BCUT2D eigenvalue weighted by Gasteiger charge is 2.34. The van der Waals surface area contributed by atoms with Crippen LogP contribution in [-0.2, 0) is 15.9 Å². The first-order valence-electron chi connectivity index (χ1n) is 12.0. The van der Waals surface area contributed by atoms with E-state index in [0.29, 0.717) is 31.8 Å². The lowest BCUT2D eigenvalue weighted by atomic mass is 9.84. The van der Waals surface area contributed by atoms with E-state index in [9.17, 15) is 5.11 Å². The van der Waals surface area contributed by atoms with Crippen molar-refractivity contribution in [1.29, 1.82) is 5.41 Å². The van der Waals surface area contributed by atoms with E-state index in [4.69, 9.17) is 31.2 Å². The molecule has 1 aliphatic heterocycles. The molecule has 2 aliphatic carbocycles. The minimum Gasteiger partial charge on any atom is -0.495 e. The second-order valence-electron chi connectivity index (χ2n) is 9.12. The average molecular weight is 472 g/mol. The van der Waals surface area contributed by atoms with Crippen molar-refractivity contribution in [1.82, 2.24) is 0 Å². The SMILES string of the molecule is CCOc1ccc(CC2=CC(C3CC(O)CC(COC4=CC(=N)CCC4)O3)CC=C2Cl)cc1. The van der Waals surface area contributed by atoms with Crippen molar-refractivity contribution in [2.45, 2.75) is 70.2 Å². The number of aliphatic hydroxyl groups is 1. The molecule has 1 saturated heterocycles. The van der Waals surface area contributed by atoms with Gasteiger partial charge in [0.2, 0.25) is 0 Å². The summed E-state index contributed by atoms with van der Waals surface area (Å²) in [6, 6.07) is 8.14. The monoisotopic (exact) mass is 471 g/mol. The molecule has 1 aromatic carbocycles. The third-order valence-corrected chi connectivity index (χ3v) is 6.86. The molecule has 178 valence electrons. The Hall–Kier alpha value is -2.08. The molecule has 0 aromatic heterocycles. The number of ether oxygens (including phenoxy) is 3. The summed E-state index contributed by atoms with van der Waals surface area (Å²) < 4.78 is 17.9. The molecule has 1 fully saturated rings. The summed E-state index contributed by atoms with van der Waals surface area (Å²) in [6.45, 7) is 3.05. The number of hydrogen-bond donors (Lipinski definition) is 2. The molecule has 4 atom stereocenters. The van der Waals surface area contributed by atoms with Gasteiger partial charge < -0.3 is 24.7 Å². The number of aliphatic hydroxyl groups excluding tert-OH is 1. The number of benzene rings is 1. The zero-order valence-electron chi connectivity index (χ0n) is 19.3. The number of nitrogens with one attached hydrogen (secondary N) is 1. The van der Waals surface area contributed by atoms with Crippen LogP contribution in [0.1, 0.15) is 51.0 Å². The molecule has 2 N–H and O–H groups in total. The molecule has 4 unspecified atom stereocenters. The number of rotatable bonds is 8. The zero-order chi connectivity index (χ0) is 23.2. The smallest absolute Gasteiger partial charge is 0.119 e. The Morgan fingerprint density at radius 2 is 1.97 bits per heavy atom. The van der Waals surface area contributed by atoms with Crippen LogP contribution in [0.15, 0.2) is 58.9 Å². The normalized spacial score (nSPS) is 28.0. The maximum Gasteiger partial charge on any atom is 0.119 e. The van der Waals surface area contributed by atoms with Gasteiger partial charge in [0.1, 0.15) is 12.4 Å². The van der Waals surface area contributed by atoms with Crippen molar-refractivity contribution in [3.8, 4) is 5.75 Å². The molecule has 0 amide bonds. The van der Waals surface area contributed by atoms with Gasteiger partial charge in [-0.3, -0.25) is 0 Å². The quantitative estimate of drug-likeness (QED) is 0.509. The van der Waals surface area contributed by atoms with E-state index in [-0.39, 0.29) is 18.1 Å². The summed E-state index contributed by atoms with van der Waals surface area (Å²) in [4.78, 5) is 0. The summed E-state index contributed by atoms with van der Waals surface area (Å²) in [5, 5.41) is 19.1. The number of halogens is 1. The summed E-state index contributed by atoms with van der Waals surface area (Å²) in [6.07, 6.45) is 10.9. The zero-order valence-corrected chi connectivity index (χ0v) is 20.0. The van der Waals surface area contributed by atoms with Gasteiger partial charge in [-0.2, -0.15) is 0 Å². The van der Waals surface area contributed by atoms with E-state index in [1.54, 1.807) is 0 Å². The van der Waals surface area contributed by atoms with E-state index in [2.05, 4.69) is 24.3 Å². The molecule has 0 saturated carbocycles. The van der Waals surface area contributed by atoms with Gasteiger partial charge in [0.15, 0.2) is 0 Å². The van der Waals surface area contributed by atoms with Crippen molar-refractivity contribution in [3.63, 3.8) is 0 Å². The van der Waals surface area contributed by atoms with Crippen molar-refractivity contribution < 1.29 is 19.3 Å². The highest BCUT2D eigenvalue weighted by Crippen LogP contribution is 2.35. The van der Waals surface area contributed by atoms with Crippen LogP contribution < -0.4 is 4.74 Å². The van der Waals surface area contributed by atoms with Crippen LogP contribution in [0.2, 0.25) is 0 Å². The highest BCUT2D eigenvalue weighted by molar-refractivity contribution is 6.32. The van der Waals surface area contributed by atoms with Crippen LogP contribution in [0.25, 0.3) is 0 Å². The third-order valence-electron chi connectivity index (χ3n) is 6.46. The van der Waals surface area contributed by atoms with Gasteiger partial charge in [-0.05, 0) is 62.0 Å². The fourth-order valence-electron chi connectivity index (χ4n) is 4.78. The van der Waals surface area contributed by atoms with E-state index in [1.807, 2.05) is 25.1 Å². The summed E-state index contributed by atoms with van der Waals surface area (Å²) in [5.41, 5.74) is 2.90. The van der Waals surface area contributed by atoms with E-state index >= 15 is 0 Å². The Labute approximate surface area is 201 Å². The van der Waals surface area contributed by atoms with Gasteiger partial charge >= 0.3 is 0 Å². The molecule has 0 bridgehead atoms. The summed E-state index contributed by atoms with van der Waals surface area (Å²) in [7, 11) is 0. The van der Waals surface area contributed by atoms with Gasteiger partial charge in [-0.1, -0.05) is 35.9 Å². The molecule has 5 nitrogen and oxygen atoms in total. The second-order valence-corrected chi connectivity index (χ2v) is 9.53. The molecular formula is C27H34ClNO4. The van der Waals surface area contributed by atoms with Crippen LogP contribution in [0.4, 0.5) is 0 Å². The molecule has 4 rings (SSSR count). The molecule has 33 heavy (non-hydrogen) atoms. The Morgan fingerprint density at radius 1 is 1.15 bits per heavy atom. The first-order chi connectivity index (χ1) is 16.0.